The fourth-order valence-electron chi connectivity index (χ4n) is 6.70. The van der Waals surface area contributed by atoms with E-state index in [2.05, 4.69) is 37.3 Å². The van der Waals surface area contributed by atoms with Gasteiger partial charge in [-0.1, -0.05) is 36.4 Å². The second-order valence-corrected chi connectivity index (χ2v) is 11.8. The molecule has 0 bridgehead atoms. The van der Waals surface area contributed by atoms with Crippen molar-refractivity contribution in [3.63, 3.8) is 0 Å². The zero-order valence-electron chi connectivity index (χ0n) is 23.3. The fourth-order valence-corrected chi connectivity index (χ4v) is 6.70. The minimum absolute atomic E-state index is 0.0639. The highest BCUT2D eigenvalue weighted by atomic mass is 16.5. The molecule has 3 aliphatic rings. The summed E-state index contributed by atoms with van der Waals surface area (Å²) in [6.45, 7) is 4.81. The summed E-state index contributed by atoms with van der Waals surface area (Å²) in [5, 5.41) is 6.18. The molecule has 0 fully saturated rings. The molecule has 5 heterocycles. The smallest absolute Gasteiger partial charge is 0.253 e. The van der Waals surface area contributed by atoms with Gasteiger partial charge in [0, 0.05) is 49.6 Å². The zero-order valence-corrected chi connectivity index (χ0v) is 23.3. The van der Waals surface area contributed by atoms with Gasteiger partial charge < -0.3 is 19.9 Å². The molecule has 1 aliphatic carbocycles. The lowest BCUT2D eigenvalue weighted by Crippen LogP contribution is -2.37. The van der Waals surface area contributed by atoms with Crippen LogP contribution in [0, 0.1) is 0 Å². The van der Waals surface area contributed by atoms with Crippen molar-refractivity contribution < 1.29 is 14.3 Å². The zero-order chi connectivity index (χ0) is 28.4. The lowest BCUT2D eigenvalue weighted by atomic mass is 9.80. The Bertz CT molecular complexity index is 1680. The maximum Gasteiger partial charge on any atom is 0.253 e. The van der Waals surface area contributed by atoms with E-state index in [1.807, 2.05) is 56.4 Å². The Kier molecular flexibility index (Phi) is 5.83. The van der Waals surface area contributed by atoms with Gasteiger partial charge in [-0.15, -0.1) is 0 Å². The number of amides is 2. The van der Waals surface area contributed by atoms with Crippen LogP contribution in [0.2, 0.25) is 0 Å². The minimum Gasteiger partial charge on any atom is -0.373 e. The van der Waals surface area contributed by atoms with Gasteiger partial charge in [-0.2, -0.15) is 0 Å². The second-order valence-electron chi connectivity index (χ2n) is 11.8. The van der Waals surface area contributed by atoms with Gasteiger partial charge in [0.15, 0.2) is 0 Å². The normalized spacial score (nSPS) is 22.7. The van der Waals surface area contributed by atoms with Crippen LogP contribution >= 0.6 is 0 Å². The van der Waals surface area contributed by atoms with Gasteiger partial charge in [-0.25, -0.2) is 9.97 Å². The number of nitrogens with one attached hydrogen (secondary N) is 2. The largest absolute Gasteiger partial charge is 0.373 e. The summed E-state index contributed by atoms with van der Waals surface area (Å²) >= 11 is 0. The number of benzene rings is 1. The first kappa shape index (κ1) is 25.6. The summed E-state index contributed by atoms with van der Waals surface area (Å²) in [6, 6.07) is 15.8. The minimum atomic E-state index is -0.727. The van der Waals surface area contributed by atoms with Crippen LogP contribution < -0.4 is 10.6 Å². The predicted molar refractivity (Wildman–Crippen MR) is 152 cm³/mol. The molecule has 0 saturated heterocycles. The summed E-state index contributed by atoms with van der Waals surface area (Å²) in [7, 11) is 1.70. The van der Waals surface area contributed by atoms with Crippen molar-refractivity contribution in [3.05, 3.63) is 107 Å². The molecule has 9 nitrogen and oxygen atoms in total. The monoisotopic (exact) mass is 548 g/mol. The molecule has 0 radical (unpaired) electrons. The number of carbonyl (C=O) groups is 2. The highest BCUT2D eigenvalue weighted by molar-refractivity contribution is 6.06. The first-order valence-electron chi connectivity index (χ1n) is 14.0. The number of rotatable bonds is 5. The number of methoxy groups -OCH3 is 1. The second kappa shape index (κ2) is 9.34. The lowest BCUT2D eigenvalue weighted by molar-refractivity contribution is -0.120. The van der Waals surface area contributed by atoms with Crippen LogP contribution in [0.1, 0.15) is 76.5 Å². The number of hydrogen-bond donors (Lipinski definition) is 2. The topological polar surface area (TPSA) is 111 Å². The van der Waals surface area contributed by atoms with Crippen molar-refractivity contribution in [3.8, 4) is 0 Å². The average molecular weight is 549 g/mol. The van der Waals surface area contributed by atoms with Gasteiger partial charge >= 0.3 is 0 Å². The molecule has 2 aliphatic heterocycles. The molecule has 9 heteroatoms. The average Bonchev–Trinajstić information content (AvgIpc) is 3.67. The Morgan fingerprint density at radius 1 is 1.10 bits per heavy atom. The van der Waals surface area contributed by atoms with Crippen LogP contribution in [0.3, 0.4) is 0 Å². The van der Waals surface area contributed by atoms with Crippen LogP contribution in [0.15, 0.2) is 67.1 Å². The van der Waals surface area contributed by atoms with E-state index in [1.54, 1.807) is 19.5 Å². The van der Waals surface area contributed by atoms with Crippen molar-refractivity contribution in [2.24, 2.45) is 0 Å². The Morgan fingerprint density at radius 2 is 1.93 bits per heavy atom. The van der Waals surface area contributed by atoms with E-state index < -0.39 is 11.0 Å². The van der Waals surface area contributed by atoms with E-state index >= 15 is 0 Å². The van der Waals surface area contributed by atoms with Crippen LogP contribution in [0.25, 0.3) is 0 Å². The number of nitrogens with zero attached hydrogens (tertiary/aromatic N) is 4. The molecule has 1 aromatic carbocycles. The van der Waals surface area contributed by atoms with E-state index in [0.29, 0.717) is 24.2 Å². The van der Waals surface area contributed by atoms with Gasteiger partial charge in [-0.05, 0) is 49.9 Å². The summed E-state index contributed by atoms with van der Waals surface area (Å²) in [6.07, 6.45) is 6.87. The molecular formula is C32H32N6O3. The molecule has 41 heavy (non-hydrogen) atoms. The van der Waals surface area contributed by atoms with Gasteiger partial charge in [0.1, 0.15) is 17.2 Å². The lowest BCUT2D eigenvalue weighted by Gasteiger charge is -2.34. The molecule has 4 aromatic rings. The van der Waals surface area contributed by atoms with Crippen molar-refractivity contribution >= 4 is 17.6 Å². The van der Waals surface area contributed by atoms with Crippen molar-refractivity contribution in [2.45, 2.75) is 62.6 Å². The first-order valence-corrected chi connectivity index (χ1v) is 14.0. The molecule has 1 unspecified atom stereocenters. The number of imidazole rings is 1. The van der Waals surface area contributed by atoms with Gasteiger partial charge in [0.25, 0.3) is 5.91 Å². The van der Waals surface area contributed by atoms with Crippen LogP contribution in [0.5, 0.6) is 0 Å². The van der Waals surface area contributed by atoms with Gasteiger partial charge in [0.05, 0.1) is 28.9 Å². The molecule has 208 valence electrons. The summed E-state index contributed by atoms with van der Waals surface area (Å²) in [4.78, 5) is 40.5. The van der Waals surface area contributed by atoms with Crippen LogP contribution in [0.4, 0.5) is 5.82 Å². The first-order chi connectivity index (χ1) is 19.8. The SMILES string of the molecule is COC(C)(C)c1cnc2n1C[C@H](c1ccccc1)C[C@@H]2NC(=O)c1cnc2c(c1)CC1(C2)C(=O)Nc2ncccc21. The Hall–Kier alpha value is -4.37. The Labute approximate surface area is 238 Å². The Morgan fingerprint density at radius 3 is 2.73 bits per heavy atom. The standard InChI is InChI=1S/C32H32N6O3/c1-31(2,41-3)26-17-35-28-24(13-22(18-38(26)28)19-8-5-4-6-9-19)36-29(39)21-12-20-14-32(15-25(20)34-16-21)23-10-7-11-33-27(23)37-30(32)40/h4-12,16-17,22,24H,13-15,18H2,1-3H3,(H,36,39)(H,33,37,40)/t22-,24+,32?/m1/s1. The molecule has 3 atom stereocenters. The van der Waals surface area contributed by atoms with Crippen LogP contribution in [-0.2, 0) is 39.9 Å². The summed E-state index contributed by atoms with van der Waals surface area (Å²) < 4.78 is 8.00. The third kappa shape index (κ3) is 4.06. The summed E-state index contributed by atoms with van der Waals surface area (Å²) in [5.74, 6) is 1.36. The molecule has 2 amide bonds. The number of aromatic nitrogens is 4. The van der Waals surface area contributed by atoms with E-state index in [9.17, 15) is 9.59 Å². The highest BCUT2D eigenvalue weighted by Gasteiger charge is 2.51. The molecular weight excluding hydrogens is 516 g/mol. The van der Waals surface area contributed by atoms with E-state index in [0.717, 1.165) is 41.3 Å². The van der Waals surface area contributed by atoms with Gasteiger partial charge in [0.2, 0.25) is 5.91 Å². The number of anilines is 1. The third-order valence-corrected chi connectivity index (χ3v) is 9.10. The Balaban J connectivity index is 1.18. The van der Waals surface area contributed by atoms with E-state index in [-0.39, 0.29) is 23.8 Å². The number of ether oxygens (including phenoxy) is 1. The maximum atomic E-state index is 13.7. The summed E-state index contributed by atoms with van der Waals surface area (Å²) in [5.41, 5.74) is 4.07. The maximum absolute atomic E-state index is 13.7. The van der Waals surface area contributed by atoms with Crippen LogP contribution in [-0.4, -0.2) is 38.4 Å². The van der Waals surface area contributed by atoms with E-state index in [4.69, 9.17) is 9.72 Å². The molecule has 3 aromatic heterocycles. The number of pyridine rings is 2. The van der Waals surface area contributed by atoms with Crippen molar-refractivity contribution in [1.29, 1.82) is 0 Å². The van der Waals surface area contributed by atoms with E-state index in [1.165, 1.54) is 5.56 Å². The quantitative estimate of drug-likeness (QED) is 0.387. The van der Waals surface area contributed by atoms with Gasteiger partial charge in [-0.3, -0.25) is 14.6 Å². The predicted octanol–water partition coefficient (Wildman–Crippen LogP) is 4.20. The molecule has 0 saturated carbocycles. The number of carbonyl (C=O) groups excluding carboxylic acids is 2. The van der Waals surface area contributed by atoms with Crippen molar-refractivity contribution in [1.82, 2.24) is 24.8 Å². The van der Waals surface area contributed by atoms with Crippen molar-refractivity contribution in [2.75, 3.05) is 12.4 Å². The molecule has 7 rings (SSSR count). The molecule has 1 spiro atoms. The highest BCUT2D eigenvalue weighted by Crippen LogP contribution is 2.46. The third-order valence-electron chi connectivity index (χ3n) is 9.10. The fraction of sp³-hybridized carbons (Fsp3) is 0.344. The number of fused-ring (bicyclic) bond motifs is 4. The molecule has 2 N–H and O–H groups in total. The number of hydrogen-bond acceptors (Lipinski definition) is 6.